The van der Waals surface area contributed by atoms with Gasteiger partial charge in [0.2, 0.25) is 5.91 Å². The van der Waals surface area contributed by atoms with Crippen LogP contribution < -0.4 is 11.1 Å². The number of primary amides is 1. The quantitative estimate of drug-likeness (QED) is 0.760. The third-order valence-corrected chi connectivity index (χ3v) is 1.67. The number of anilines is 1. The van der Waals surface area contributed by atoms with Gasteiger partial charge in [0.15, 0.2) is 0 Å². The van der Waals surface area contributed by atoms with Gasteiger partial charge < -0.3 is 11.1 Å². The highest BCUT2D eigenvalue weighted by Crippen LogP contribution is 2.10. The number of aromatic nitrogens is 1. The van der Waals surface area contributed by atoms with Crippen molar-refractivity contribution in [2.45, 2.75) is 26.8 Å². The second kappa shape index (κ2) is 4.09. The van der Waals surface area contributed by atoms with E-state index < -0.39 is 5.91 Å². The van der Waals surface area contributed by atoms with Crippen LogP contribution in [0.3, 0.4) is 0 Å². The van der Waals surface area contributed by atoms with Crippen molar-refractivity contribution in [3.05, 3.63) is 23.4 Å². The van der Waals surface area contributed by atoms with Gasteiger partial charge in [0.05, 0.1) is 0 Å². The maximum absolute atomic E-state index is 11.0. The van der Waals surface area contributed by atoms with Gasteiger partial charge in [-0.2, -0.15) is 0 Å². The van der Waals surface area contributed by atoms with Crippen LogP contribution in [0, 0.1) is 6.92 Å². The van der Waals surface area contributed by atoms with E-state index in [-0.39, 0.29) is 6.04 Å². The summed E-state index contributed by atoms with van der Waals surface area (Å²) in [7, 11) is 0. The summed E-state index contributed by atoms with van der Waals surface area (Å²) in [6.07, 6.45) is 0. The molecule has 0 spiro atoms. The fourth-order valence-electron chi connectivity index (χ4n) is 1.18. The van der Waals surface area contributed by atoms with E-state index in [9.17, 15) is 4.79 Å². The Morgan fingerprint density at radius 3 is 2.64 bits per heavy atom. The maximum atomic E-state index is 11.0. The van der Waals surface area contributed by atoms with Crippen molar-refractivity contribution >= 4 is 11.7 Å². The van der Waals surface area contributed by atoms with Gasteiger partial charge in [0.25, 0.3) is 0 Å². The number of amides is 1. The summed E-state index contributed by atoms with van der Waals surface area (Å²) in [5.74, 6) is 0.260. The molecule has 3 N–H and O–H groups in total. The minimum atomic E-state index is -0.428. The number of nitrogens with zero attached hydrogens (tertiary/aromatic N) is 1. The number of nitrogens with one attached hydrogen (secondary N) is 1. The first-order chi connectivity index (χ1) is 6.49. The zero-order valence-electron chi connectivity index (χ0n) is 8.66. The number of carbonyl (C=O) groups excluding carboxylic acids is 1. The molecule has 1 amide bonds. The van der Waals surface area contributed by atoms with E-state index in [4.69, 9.17) is 5.73 Å². The third-order valence-electron chi connectivity index (χ3n) is 1.67. The van der Waals surface area contributed by atoms with Crippen molar-refractivity contribution in [1.29, 1.82) is 0 Å². The Bertz CT molecular complexity index is 347. The second-order valence-corrected chi connectivity index (χ2v) is 3.55. The summed E-state index contributed by atoms with van der Waals surface area (Å²) >= 11 is 0. The van der Waals surface area contributed by atoms with E-state index in [1.165, 1.54) is 0 Å². The number of hydrogen-bond acceptors (Lipinski definition) is 3. The lowest BCUT2D eigenvalue weighted by atomic mass is 10.2. The summed E-state index contributed by atoms with van der Waals surface area (Å²) in [6, 6.07) is 3.62. The third kappa shape index (κ3) is 2.73. The van der Waals surface area contributed by atoms with Gasteiger partial charge in [-0.25, -0.2) is 4.98 Å². The minimum Gasteiger partial charge on any atom is -0.368 e. The molecule has 0 aromatic carbocycles. The molecule has 1 aromatic rings. The maximum Gasteiger partial charge on any atom is 0.248 e. The van der Waals surface area contributed by atoms with Crippen LogP contribution in [-0.2, 0) is 0 Å². The molecule has 0 fully saturated rings. The van der Waals surface area contributed by atoms with Crippen LogP contribution in [0.15, 0.2) is 12.1 Å². The lowest BCUT2D eigenvalue weighted by Crippen LogP contribution is -2.15. The van der Waals surface area contributed by atoms with Crippen molar-refractivity contribution in [2.75, 3.05) is 5.32 Å². The van der Waals surface area contributed by atoms with Crippen molar-refractivity contribution in [2.24, 2.45) is 5.73 Å². The highest BCUT2D eigenvalue weighted by molar-refractivity contribution is 5.93. The van der Waals surface area contributed by atoms with Gasteiger partial charge in [-0.05, 0) is 32.9 Å². The van der Waals surface area contributed by atoms with Crippen molar-refractivity contribution in [3.63, 3.8) is 0 Å². The number of nitrogens with two attached hydrogens (primary N) is 1. The summed E-state index contributed by atoms with van der Waals surface area (Å²) in [6.45, 7) is 5.85. The summed E-state index contributed by atoms with van der Waals surface area (Å²) in [5, 5.41) is 3.12. The first kappa shape index (κ1) is 10.5. The molecular formula is C10H15N3O. The number of carbonyl (C=O) groups is 1. The Morgan fingerprint density at radius 2 is 2.14 bits per heavy atom. The van der Waals surface area contributed by atoms with Crippen molar-refractivity contribution < 1.29 is 4.79 Å². The Morgan fingerprint density at radius 1 is 1.50 bits per heavy atom. The van der Waals surface area contributed by atoms with Crippen molar-refractivity contribution in [3.8, 4) is 0 Å². The van der Waals surface area contributed by atoms with Gasteiger partial charge in [0, 0.05) is 17.3 Å². The Balaban J connectivity index is 3.01. The van der Waals surface area contributed by atoms with Crippen LogP contribution in [0.1, 0.15) is 29.9 Å². The van der Waals surface area contributed by atoms with Crippen LogP contribution in [0.2, 0.25) is 0 Å². The molecule has 0 atom stereocenters. The highest BCUT2D eigenvalue weighted by atomic mass is 16.1. The minimum absolute atomic E-state index is 0.282. The van der Waals surface area contributed by atoms with E-state index in [2.05, 4.69) is 10.3 Å². The molecule has 1 rings (SSSR count). The van der Waals surface area contributed by atoms with Gasteiger partial charge >= 0.3 is 0 Å². The topological polar surface area (TPSA) is 68.0 Å². The van der Waals surface area contributed by atoms with Crippen LogP contribution in [0.5, 0.6) is 0 Å². The van der Waals surface area contributed by atoms with Crippen LogP contribution >= 0.6 is 0 Å². The van der Waals surface area contributed by atoms with E-state index in [0.717, 1.165) is 5.69 Å². The smallest absolute Gasteiger partial charge is 0.248 e. The molecule has 0 saturated heterocycles. The zero-order chi connectivity index (χ0) is 10.7. The van der Waals surface area contributed by atoms with Gasteiger partial charge in [-0.3, -0.25) is 4.79 Å². The predicted octanol–water partition coefficient (Wildman–Crippen LogP) is 1.31. The first-order valence-electron chi connectivity index (χ1n) is 4.54. The highest BCUT2D eigenvalue weighted by Gasteiger charge is 2.05. The molecule has 76 valence electrons. The molecule has 0 radical (unpaired) electrons. The molecule has 4 nitrogen and oxygen atoms in total. The Kier molecular flexibility index (Phi) is 3.06. The van der Waals surface area contributed by atoms with Gasteiger partial charge in [-0.1, -0.05) is 0 Å². The second-order valence-electron chi connectivity index (χ2n) is 3.55. The molecule has 0 aliphatic heterocycles. The van der Waals surface area contributed by atoms with Crippen LogP contribution in [-0.4, -0.2) is 16.9 Å². The number of pyridine rings is 1. The molecule has 1 heterocycles. The number of aryl methyl sites for hydroxylation is 1. The Labute approximate surface area is 83.5 Å². The molecule has 14 heavy (non-hydrogen) atoms. The SMILES string of the molecule is Cc1cc(C(N)=O)cc(NC(C)C)n1. The van der Waals surface area contributed by atoms with Gasteiger partial charge in [-0.15, -0.1) is 0 Å². The summed E-state index contributed by atoms with van der Waals surface area (Å²) in [4.78, 5) is 15.2. The molecule has 0 aliphatic carbocycles. The lowest BCUT2D eigenvalue weighted by molar-refractivity contribution is 0.1000. The molecule has 4 heteroatoms. The largest absolute Gasteiger partial charge is 0.368 e. The fraction of sp³-hybridized carbons (Fsp3) is 0.400. The molecule has 0 unspecified atom stereocenters. The van der Waals surface area contributed by atoms with Crippen LogP contribution in [0.4, 0.5) is 5.82 Å². The number of hydrogen-bond donors (Lipinski definition) is 2. The molecule has 0 bridgehead atoms. The predicted molar refractivity (Wildman–Crippen MR) is 56.3 cm³/mol. The van der Waals surface area contributed by atoms with Crippen molar-refractivity contribution in [1.82, 2.24) is 4.98 Å². The van der Waals surface area contributed by atoms with E-state index in [1.807, 2.05) is 20.8 Å². The van der Waals surface area contributed by atoms with Gasteiger partial charge in [0.1, 0.15) is 5.82 Å². The summed E-state index contributed by atoms with van der Waals surface area (Å²) < 4.78 is 0. The van der Waals surface area contributed by atoms with E-state index >= 15 is 0 Å². The fourth-order valence-corrected chi connectivity index (χ4v) is 1.18. The average Bonchev–Trinajstić information content (AvgIpc) is 2.01. The zero-order valence-corrected chi connectivity index (χ0v) is 8.66. The first-order valence-corrected chi connectivity index (χ1v) is 4.54. The Hall–Kier alpha value is -1.58. The van der Waals surface area contributed by atoms with Crippen LogP contribution in [0.25, 0.3) is 0 Å². The molecular weight excluding hydrogens is 178 g/mol. The molecule has 1 aromatic heterocycles. The molecule has 0 saturated carbocycles. The lowest BCUT2D eigenvalue weighted by Gasteiger charge is -2.10. The monoisotopic (exact) mass is 193 g/mol. The standard InChI is InChI=1S/C10H15N3O/c1-6(2)12-9-5-8(10(11)14)4-7(3)13-9/h4-6H,1-3H3,(H2,11,14)(H,12,13). The molecule has 0 aliphatic rings. The summed E-state index contributed by atoms with van der Waals surface area (Å²) in [5.41, 5.74) is 6.46. The normalized spacial score (nSPS) is 10.3. The van der Waals surface area contributed by atoms with E-state index in [0.29, 0.717) is 11.4 Å². The van der Waals surface area contributed by atoms with E-state index in [1.54, 1.807) is 12.1 Å². The average molecular weight is 193 g/mol. The number of rotatable bonds is 3.